The van der Waals surface area contributed by atoms with E-state index in [1.165, 1.54) is 0 Å². The molecule has 2 heterocycles. The lowest BCUT2D eigenvalue weighted by Crippen LogP contribution is -2.31. The molecule has 9 heteroatoms. The van der Waals surface area contributed by atoms with Crippen LogP contribution in [0.3, 0.4) is 0 Å². The van der Waals surface area contributed by atoms with Crippen LogP contribution in [0.5, 0.6) is 5.75 Å². The molecule has 0 spiro atoms. The van der Waals surface area contributed by atoms with Crippen molar-refractivity contribution in [3.63, 3.8) is 0 Å². The number of aromatic nitrogens is 2. The number of fused-ring (bicyclic) bond motifs is 1. The maximum atomic E-state index is 13.9. The fourth-order valence-electron chi connectivity index (χ4n) is 4.59. The number of hydrogen-bond donors (Lipinski definition) is 4. The van der Waals surface area contributed by atoms with E-state index in [4.69, 9.17) is 15.6 Å². The van der Waals surface area contributed by atoms with Crippen LogP contribution in [0.2, 0.25) is 0 Å². The third-order valence-electron chi connectivity index (χ3n) is 6.21. The number of pyridine rings is 2. The molecule has 9 nitrogen and oxygen atoms in total. The second kappa shape index (κ2) is 11.4. The highest BCUT2D eigenvalue weighted by atomic mass is 16.5. The Hall–Kier alpha value is -4.37. The average molecular weight is 516 g/mol. The number of aliphatic hydroxyl groups is 1. The van der Waals surface area contributed by atoms with Gasteiger partial charge in [-0.2, -0.15) is 0 Å². The summed E-state index contributed by atoms with van der Waals surface area (Å²) in [7, 11) is 0. The molecule has 0 bridgehead atoms. The quantitative estimate of drug-likeness (QED) is 0.187. The van der Waals surface area contributed by atoms with Gasteiger partial charge >= 0.3 is 6.03 Å². The molecule has 0 aliphatic carbocycles. The third kappa shape index (κ3) is 5.47. The number of nitrogen functional groups attached to an aromatic ring is 1. The minimum absolute atomic E-state index is 0.0273. The summed E-state index contributed by atoms with van der Waals surface area (Å²) in [5.41, 5.74) is 10.3. The SMILES string of the molecule is Cc1cc(N)cc(C)c1NC(=O)Nc1c(-c2cccc(OCCCO)c2)c2cccnc2n(C(C)C)c1=O. The summed E-state index contributed by atoms with van der Waals surface area (Å²) in [6.45, 7) is 7.90. The summed E-state index contributed by atoms with van der Waals surface area (Å²) >= 11 is 0. The van der Waals surface area contributed by atoms with Crippen LogP contribution in [-0.2, 0) is 0 Å². The van der Waals surface area contributed by atoms with E-state index >= 15 is 0 Å². The Kier molecular flexibility index (Phi) is 7.97. The number of amides is 2. The highest BCUT2D eigenvalue weighted by Gasteiger charge is 2.22. The van der Waals surface area contributed by atoms with Crippen LogP contribution < -0.4 is 26.7 Å². The number of rotatable bonds is 8. The zero-order valence-electron chi connectivity index (χ0n) is 22.0. The number of ether oxygens (including phenoxy) is 1. The maximum Gasteiger partial charge on any atom is 0.323 e. The molecule has 38 heavy (non-hydrogen) atoms. The monoisotopic (exact) mass is 515 g/mol. The lowest BCUT2D eigenvalue weighted by atomic mass is 9.99. The van der Waals surface area contributed by atoms with E-state index in [9.17, 15) is 9.59 Å². The molecule has 2 amide bonds. The molecular formula is C29H33N5O4. The predicted octanol–water partition coefficient (Wildman–Crippen LogP) is 5.25. The molecule has 198 valence electrons. The Balaban J connectivity index is 1.86. The number of hydrogen-bond acceptors (Lipinski definition) is 6. The Labute approximate surface area is 221 Å². The molecule has 4 aromatic rings. The number of nitrogens with zero attached hydrogens (tertiary/aromatic N) is 2. The fraction of sp³-hybridized carbons (Fsp3) is 0.276. The first-order valence-electron chi connectivity index (χ1n) is 12.5. The first-order chi connectivity index (χ1) is 18.2. The smallest absolute Gasteiger partial charge is 0.323 e. The second-order valence-corrected chi connectivity index (χ2v) is 9.46. The van der Waals surface area contributed by atoms with Gasteiger partial charge in [-0.15, -0.1) is 0 Å². The maximum absolute atomic E-state index is 13.9. The van der Waals surface area contributed by atoms with Crippen molar-refractivity contribution in [3.8, 4) is 16.9 Å². The van der Waals surface area contributed by atoms with Gasteiger partial charge in [0.2, 0.25) is 0 Å². The molecule has 0 atom stereocenters. The molecule has 5 N–H and O–H groups in total. The minimum atomic E-state index is -0.548. The van der Waals surface area contributed by atoms with Gasteiger partial charge in [0.1, 0.15) is 17.1 Å². The molecule has 0 saturated heterocycles. The van der Waals surface area contributed by atoms with Gasteiger partial charge in [-0.1, -0.05) is 12.1 Å². The molecule has 0 aliphatic rings. The van der Waals surface area contributed by atoms with Gasteiger partial charge in [-0.3, -0.25) is 9.36 Å². The van der Waals surface area contributed by atoms with Crippen molar-refractivity contribution in [2.75, 3.05) is 29.6 Å². The van der Waals surface area contributed by atoms with Gasteiger partial charge in [0.05, 0.1) is 6.61 Å². The highest BCUT2D eigenvalue weighted by molar-refractivity contribution is 6.07. The highest BCUT2D eigenvalue weighted by Crippen LogP contribution is 2.35. The van der Waals surface area contributed by atoms with Gasteiger partial charge in [0.25, 0.3) is 5.56 Å². The van der Waals surface area contributed by atoms with E-state index in [-0.39, 0.29) is 23.9 Å². The Bertz CT molecular complexity index is 1520. The van der Waals surface area contributed by atoms with E-state index in [2.05, 4.69) is 15.6 Å². The van der Waals surface area contributed by atoms with Crippen LogP contribution in [0.15, 0.2) is 59.5 Å². The molecule has 0 saturated carbocycles. The van der Waals surface area contributed by atoms with Crippen LogP contribution >= 0.6 is 0 Å². The summed E-state index contributed by atoms with van der Waals surface area (Å²) in [4.78, 5) is 31.7. The first-order valence-corrected chi connectivity index (χ1v) is 12.5. The summed E-state index contributed by atoms with van der Waals surface area (Å²) in [6, 6.07) is 13.8. The standard InChI is InChI=1S/C29H33N5O4/c1-17(2)34-27-23(10-6-11-31-27)24(20-8-5-9-22(16-20)38-13-7-12-35)26(28(34)36)33-29(37)32-25-18(3)14-21(30)15-19(25)4/h5-6,8-11,14-17,35H,7,12-13,30H2,1-4H3,(H2,32,33,37). The minimum Gasteiger partial charge on any atom is -0.493 e. The van der Waals surface area contributed by atoms with Crippen molar-refractivity contribution in [2.45, 2.75) is 40.2 Å². The van der Waals surface area contributed by atoms with E-state index in [0.717, 1.165) is 11.1 Å². The van der Waals surface area contributed by atoms with Gasteiger partial charge in [-0.25, -0.2) is 9.78 Å². The van der Waals surface area contributed by atoms with Crippen molar-refractivity contribution in [1.82, 2.24) is 9.55 Å². The van der Waals surface area contributed by atoms with Gasteiger partial charge in [0, 0.05) is 47.6 Å². The number of carbonyl (C=O) groups is 1. The number of aliphatic hydroxyl groups excluding tert-OH is 1. The molecule has 0 aliphatic heterocycles. The Morgan fingerprint density at radius 1 is 1.08 bits per heavy atom. The molecule has 0 unspecified atom stereocenters. The first kappa shape index (κ1) is 26.7. The zero-order chi connectivity index (χ0) is 27.4. The van der Waals surface area contributed by atoms with E-state index in [1.807, 2.05) is 58.0 Å². The van der Waals surface area contributed by atoms with Gasteiger partial charge in [-0.05, 0) is 80.8 Å². The number of aryl methyl sites for hydroxylation is 2. The Morgan fingerprint density at radius 2 is 1.79 bits per heavy atom. The molecule has 2 aromatic carbocycles. The third-order valence-corrected chi connectivity index (χ3v) is 6.21. The van der Waals surface area contributed by atoms with Crippen LogP contribution in [0, 0.1) is 13.8 Å². The summed E-state index contributed by atoms with van der Waals surface area (Å²) in [5.74, 6) is 0.588. The van der Waals surface area contributed by atoms with Gasteiger partial charge < -0.3 is 26.2 Å². The van der Waals surface area contributed by atoms with Crippen molar-refractivity contribution in [3.05, 3.63) is 76.2 Å². The zero-order valence-corrected chi connectivity index (χ0v) is 22.0. The van der Waals surface area contributed by atoms with Crippen LogP contribution in [-0.4, -0.2) is 33.9 Å². The van der Waals surface area contributed by atoms with E-state index in [0.29, 0.717) is 52.3 Å². The van der Waals surface area contributed by atoms with Crippen LogP contribution in [0.4, 0.5) is 21.9 Å². The second-order valence-electron chi connectivity index (χ2n) is 9.46. The predicted molar refractivity (Wildman–Crippen MR) is 152 cm³/mol. The summed E-state index contributed by atoms with van der Waals surface area (Å²) in [6.07, 6.45) is 2.14. The topological polar surface area (TPSA) is 132 Å². The number of carbonyl (C=O) groups excluding carboxylic acids is 1. The van der Waals surface area contributed by atoms with Gasteiger partial charge in [0.15, 0.2) is 0 Å². The number of nitrogens with one attached hydrogen (secondary N) is 2. The van der Waals surface area contributed by atoms with Crippen molar-refractivity contribution < 1.29 is 14.6 Å². The summed E-state index contributed by atoms with van der Waals surface area (Å²) < 4.78 is 7.36. The Morgan fingerprint density at radius 3 is 2.47 bits per heavy atom. The van der Waals surface area contributed by atoms with Crippen molar-refractivity contribution >= 4 is 34.1 Å². The lowest BCUT2D eigenvalue weighted by molar-refractivity contribution is 0.233. The number of nitrogens with two attached hydrogens (primary N) is 1. The number of anilines is 3. The van der Waals surface area contributed by atoms with E-state index in [1.54, 1.807) is 29.0 Å². The van der Waals surface area contributed by atoms with E-state index < -0.39 is 6.03 Å². The fourth-order valence-corrected chi connectivity index (χ4v) is 4.59. The van der Waals surface area contributed by atoms with Crippen LogP contribution in [0.25, 0.3) is 22.2 Å². The molecule has 0 radical (unpaired) electrons. The summed E-state index contributed by atoms with van der Waals surface area (Å²) in [5, 5.41) is 15.5. The van der Waals surface area contributed by atoms with Crippen molar-refractivity contribution in [2.24, 2.45) is 0 Å². The molecule has 0 fully saturated rings. The molecule has 2 aromatic heterocycles. The molecule has 4 rings (SSSR count). The lowest BCUT2D eigenvalue weighted by Gasteiger charge is -2.21. The van der Waals surface area contributed by atoms with Crippen LogP contribution in [0.1, 0.15) is 37.4 Å². The molecular weight excluding hydrogens is 482 g/mol. The number of urea groups is 1. The van der Waals surface area contributed by atoms with Crippen molar-refractivity contribution in [1.29, 1.82) is 0 Å². The largest absolute Gasteiger partial charge is 0.493 e. The average Bonchev–Trinajstić information content (AvgIpc) is 2.87. The normalized spacial score (nSPS) is 11.1. The number of benzene rings is 2.